The lowest BCUT2D eigenvalue weighted by Crippen LogP contribution is -1.87. The van der Waals surface area contributed by atoms with Gasteiger partial charge in [-0.05, 0) is 0 Å². The molecule has 0 aliphatic heterocycles. The van der Waals surface area contributed by atoms with Crippen molar-refractivity contribution in [1.29, 1.82) is 0 Å². The number of benzene rings is 1. The number of halogens is 2. The SMILES string of the molecule is Cl.Cl.O=Cc1ccccc1C=O. The van der Waals surface area contributed by atoms with Crippen molar-refractivity contribution in [3.8, 4) is 0 Å². The molecule has 0 saturated carbocycles. The van der Waals surface area contributed by atoms with Crippen LogP contribution in [0, 0.1) is 0 Å². The van der Waals surface area contributed by atoms with Crippen LogP contribution in [0.3, 0.4) is 0 Å². The maximum Gasteiger partial charge on any atom is 0.150 e. The summed E-state index contributed by atoms with van der Waals surface area (Å²) in [5.41, 5.74) is 0.884. The molecule has 0 aromatic heterocycles. The fraction of sp³-hybridized carbons (Fsp3) is 0. The van der Waals surface area contributed by atoms with E-state index in [0.717, 1.165) is 0 Å². The summed E-state index contributed by atoms with van der Waals surface area (Å²) < 4.78 is 0. The summed E-state index contributed by atoms with van der Waals surface area (Å²) in [6.07, 6.45) is 1.34. The third-order valence-electron chi connectivity index (χ3n) is 1.25. The predicted molar refractivity (Wildman–Crippen MR) is 51.7 cm³/mol. The zero-order chi connectivity index (χ0) is 7.40. The first-order valence-corrected chi connectivity index (χ1v) is 2.88. The van der Waals surface area contributed by atoms with Gasteiger partial charge in [-0.15, -0.1) is 24.8 Å². The zero-order valence-electron chi connectivity index (χ0n) is 6.10. The molecule has 1 rings (SSSR count). The molecule has 2 nitrogen and oxygen atoms in total. The summed E-state index contributed by atoms with van der Waals surface area (Å²) in [7, 11) is 0. The first-order valence-electron chi connectivity index (χ1n) is 2.88. The smallest absolute Gasteiger partial charge is 0.150 e. The van der Waals surface area contributed by atoms with E-state index in [1.807, 2.05) is 0 Å². The monoisotopic (exact) mass is 206 g/mol. The number of aldehydes is 2. The van der Waals surface area contributed by atoms with Gasteiger partial charge < -0.3 is 0 Å². The van der Waals surface area contributed by atoms with Crippen molar-refractivity contribution in [1.82, 2.24) is 0 Å². The van der Waals surface area contributed by atoms with Crippen molar-refractivity contribution in [2.24, 2.45) is 0 Å². The minimum absolute atomic E-state index is 0. The molecule has 0 atom stereocenters. The summed E-state index contributed by atoms with van der Waals surface area (Å²) in [6, 6.07) is 6.65. The molecule has 0 fully saturated rings. The summed E-state index contributed by atoms with van der Waals surface area (Å²) in [6.45, 7) is 0. The van der Waals surface area contributed by atoms with Gasteiger partial charge in [-0.1, -0.05) is 24.3 Å². The van der Waals surface area contributed by atoms with Crippen molar-refractivity contribution in [3.63, 3.8) is 0 Å². The fourth-order valence-electron chi connectivity index (χ4n) is 0.726. The maximum atomic E-state index is 10.2. The van der Waals surface area contributed by atoms with Gasteiger partial charge in [0.2, 0.25) is 0 Å². The second-order valence-corrected chi connectivity index (χ2v) is 1.86. The molecular weight excluding hydrogens is 199 g/mol. The van der Waals surface area contributed by atoms with Crippen molar-refractivity contribution < 1.29 is 9.59 Å². The molecule has 0 amide bonds. The van der Waals surface area contributed by atoms with Gasteiger partial charge in [0.1, 0.15) is 0 Å². The van der Waals surface area contributed by atoms with Gasteiger partial charge in [0.15, 0.2) is 12.6 Å². The highest BCUT2D eigenvalue weighted by Crippen LogP contribution is 2.01. The van der Waals surface area contributed by atoms with E-state index in [1.165, 1.54) is 0 Å². The molecule has 1 aromatic carbocycles. The standard InChI is InChI=1S/C8H6O2.2ClH/c9-5-7-3-1-2-4-8(7)6-10;;/h1-6H;2*1H. The van der Waals surface area contributed by atoms with Crippen molar-refractivity contribution in [2.75, 3.05) is 0 Å². The maximum absolute atomic E-state index is 10.2. The minimum Gasteiger partial charge on any atom is -0.298 e. The Balaban J connectivity index is 0. The molecule has 0 unspecified atom stereocenters. The average Bonchev–Trinajstić information content (AvgIpc) is 2.04. The van der Waals surface area contributed by atoms with Gasteiger partial charge in [0.05, 0.1) is 0 Å². The van der Waals surface area contributed by atoms with Crippen LogP contribution in [0.15, 0.2) is 24.3 Å². The quantitative estimate of drug-likeness (QED) is 0.696. The van der Waals surface area contributed by atoms with E-state index in [0.29, 0.717) is 23.7 Å². The molecule has 0 bridgehead atoms. The average molecular weight is 207 g/mol. The van der Waals surface area contributed by atoms with E-state index in [4.69, 9.17) is 0 Å². The first-order chi connectivity index (χ1) is 4.88. The van der Waals surface area contributed by atoms with Crippen LogP contribution in [0.25, 0.3) is 0 Å². The molecule has 0 radical (unpaired) electrons. The first kappa shape index (κ1) is 13.7. The lowest BCUT2D eigenvalue weighted by atomic mass is 10.1. The zero-order valence-corrected chi connectivity index (χ0v) is 7.73. The van der Waals surface area contributed by atoms with Crippen molar-refractivity contribution in [2.45, 2.75) is 0 Å². The van der Waals surface area contributed by atoms with Gasteiger partial charge in [0.25, 0.3) is 0 Å². The third kappa shape index (κ3) is 3.03. The van der Waals surface area contributed by atoms with E-state index in [2.05, 4.69) is 0 Å². The second kappa shape index (κ2) is 6.83. The van der Waals surface area contributed by atoms with Crippen molar-refractivity contribution in [3.05, 3.63) is 35.4 Å². The Kier molecular flexibility index (Phi) is 7.80. The molecule has 66 valence electrons. The van der Waals surface area contributed by atoms with Crippen LogP contribution in [0.1, 0.15) is 20.7 Å². The minimum atomic E-state index is 0. The van der Waals surface area contributed by atoms with E-state index in [-0.39, 0.29) is 24.8 Å². The Bertz CT molecular complexity index is 234. The topological polar surface area (TPSA) is 34.1 Å². The van der Waals surface area contributed by atoms with Crippen LogP contribution < -0.4 is 0 Å². The second-order valence-electron chi connectivity index (χ2n) is 1.86. The molecule has 1 aromatic rings. The third-order valence-corrected chi connectivity index (χ3v) is 1.25. The molecule has 0 aliphatic carbocycles. The molecule has 0 aliphatic rings. The summed E-state index contributed by atoms with van der Waals surface area (Å²) in [4.78, 5) is 20.5. The number of rotatable bonds is 2. The number of carbonyl (C=O) groups is 2. The summed E-state index contributed by atoms with van der Waals surface area (Å²) in [5, 5.41) is 0. The fourth-order valence-corrected chi connectivity index (χ4v) is 0.726. The largest absolute Gasteiger partial charge is 0.298 e. The van der Waals surface area contributed by atoms with Crippen LogP contribution >= 0.6 is 24.8 Å². The highest BCUT2D eigenvalue weighted by molar-refractivity contribution is 5.90. The van der Waals surface area contributed by atoms with Gasteiger partial charge in [-0.2, -0.15) is 0 Å². The van der Waals surface area contributed by atoms with Crippen LogP contribution in [0.2, 0.25) is 0 Å². The van der Waals surface area contributed by atoms with Crippen LogP contribution in [0.5, 0.6) is 0 Å². The number of hydrogen-bond donors (Lipinski definition) is 0. The Morgan fingerprint density at radius 2 is 1.17 bits per heavy atom. The lowest BCUT2D eigenvalue weighted by Gasteiger charge is -1.91. The van der Waals surface area contributed by atoms with Crippen LogP contribution in [-0.4, -0.2) is 12.6 Å². The molecule has 12 heavy (non-hydrogen) atoms. The molecule has 0 saturated heterocycles. The highest BCUT2D eigenvalue weighted by Gasteiger charge is 1.95. The molecule has 0 N–H and O–H groups in total. The normalized spacial score (nSPS) is 7.33. The summed E-state index contributed by atoms with van der Waals surface area (Å²) in [5.74, 6) is 0. The van der Waals surface area contributed by atoms with E-state index < -0.39 is 0 Å². The van der Waals surface area contributed by atoms with Crippen molar-refractivity contribution >= 4 is 37.4 Å². The Labute approximate surface area is 82.8 Å². The lowest BCUT2D eigenvalue weighted by molar-refractivity contribution is 0.109. The molecule has 0 spiro atoms. The predicted octanol–water partition coefficient (Wildman–Crippen LogP) is 2.16. The van der Waals surface area contributed by atoms with Crippen LogP contribution in [-0.2, 0) is 0 Å². The highest BCUT2D eigenvalue weighted by atomic mass is 35.5. The van der Waals surface area contributed by atoms with Gasteiger partial charge in [-0.25, -0.2) is 0 Å². The van der Waals surface area contributed by atoms with E-state index in [9.17, 15) is 9.59 Å². The summed E-state index contributed by atoms with van der Waals surface area (Å²) >= 11 is 0. The molecule has 0 heterocycles. The van der Waals surface area contributed by atoms with Crippen LogP contribution in [0.4, 0.5) is 0 Å². The Morgan fingerprint density at radius 1 is 0.833 bits per heavy atom. The van der Waals surface area contributed by atoms with E-state index >= 15 is 0 Å². The number of hydrogen-bond acceptors (Lipinski definition) is 2. The Morgan fingerprint density at radius 3 is 1.42 bits per heavy atom. The Hall–Kier alpha value is -0.860. The number of carbonyl (C=O) groups excluding carboxylic acids is 2. The van der Waals surface area contributed by atoms with Gasteiger partial charge in [0, 0.05) is 11.1 Å². The molecular formula is C8H8Cl2O2. The van der Waals surface area contributed by atoms with E-state index in [1.54, 1.807) is 24.3 Å². The molecule has 4 heteroatoms. The van der Waals surface area contributed by atoms with Gasteiger partial charge >= 0.3 is 0 Å². The van der Waals surface area contributed by atoms with Gasteiger partial charge in [-0.3, -0.25) is 9.59 Å².